The monoisotopic (exact) mass is 275 g/mol. The normalized spacial score (nSPS) is 19.6. The summed E-state index contributed by atoms with van der Waals surface area (Å²) in [5.41, 5.74) is 1.67. The number of hydrogen-bond donors (Lipinski definition) is 2. The molecule has 4 nitrogen and oxygen atoms in total. The molecular formula is C16H25N3O. The van der Waals surface area contributed by atoms with Gasteiger partial charge in [0.2, 0.25) is 0 Å². The Bertz CT molecular complexity index is 447. The molecule has 1 saturated heterocycles. The molecule has 1 aliphatic heterocycles. The van der Waals surface area contributed by atoms with Gasteiger partial charge in [-0.1, -0.05) is 19.1 Å². The first-order valence-corrected chi connectivity index (χ1v) is 7.53. The van der Waals surface area contributed by atoms with E-state index in [9.17, 15) is 4.79 Å². The summed E-state index contributed by atoms with van der Waals surface area (Å²) in [6.45, 7) is 5.07. The molecule has 110 valence electrons. The van der Waals surface area contributed by atoms with Crippen LogP contribution in [-0.4, -0.2) is 43.5 Å². The number of anilines is 1. The highest BCUT2D eigenvalue weighted by atomic mass is 16.1. The van der Waals surface area contributed by atoms with E-state index in [-0.39, 0.29) is 11.9 Å². The van der Waals surface area contributed by atoms with E-state index in [2.05, 4.69) is 29.5 Å². The van der Waals surface area contributed by atoms with Crippen molar-refractivity contribution in [3.63, 3.8) is 0 Å². The Kier molecular flexibility index (Phi) is 5.41. The van der Waals surface area contributed by atoms with Crippen LogP contribution in [0.5, 0.6) is 0 Å². The zero-order chi connectivity index (χ0) is 14.4. The number of amides is 1. The van der Waals surface area contributed by atoms with Crippen molar-refractivity contribution in [3.8, 4) is 0 Å². The third kappa shape index (κ3) is 3.97. The first-order valence-electron chi connectivity index (χ1n) is 7.53. The highest BCUT2D eigenvalue weighted by Crippen LogP contribution is 2.16. The Morgan fingerprint density at radius 3 is 2.95 bits per heavy atom. The smallest absolute Gasteiger partial charge is 0.253 e. The molecular weight excluding hydrogens is 250 g/mol. The van der Waals surface area contributed by atoms with Crippen LogP contribution in [0.3, 0.4) is 0 Å². The number of para-hydroxylation sites is 1. The number of hydrogen-bond acceptors (Lipinski definition) is 3. The van der Waals surface area contributed by atoms with Gasteiger partial charge in [0, 0.05) is 24.8 Å². The Morgan fingerprint density at radius 1 is 1.40 bits per heavy atom. The van der Waals surface area contributed by atoms with Crippen LogP contribution in [0.1, 0.15) is 36.5 Å². The lowest BCUT2D eigenvalue weighted by molar-refractivity contribution is 0.0913. The van der Waals surface area contributed by atoms with E-state index in [0.717, 1.165) is 50.1 Å². The fraction of sp³-hybridized carbons (Fsp3) is 0.562. The minimum atomic E-state index is 0.0319. The van der Waals surface area contributed by atoms with E-state index in [1.807, 2.05) is 24.3 Å². The van der Waals surface area contributed by atoms with Crippen LogP contribution in [-0.2, 0) is 0 Å². The summed E-state index contributed by atoms with van der Waals surface area (Å²) >= 11 is 0. The van der Waals surface area contributed by atoms with Crippen LogP contribution in [0.4, 0.5) is 5.69 Å². The van der Waals surface area contributed by atoms with Gasteiger partial charge in [0.25, 0.3) is 5.91 Å². The van der Waals surface area contributed by atoms with Crippen LogP contribution in [0.2, 0.25) is 0 Å². The van der Waals surface area contributed by atoms with Crippen molar-refractivity contribution in [1.82, 2.24) is 10.2 Å². The van der Waals surface area contributed by atoms with Crippen molar-refractivity contribution in [1.29, 1.82) is 0 Å². The molecule has 2 N–H and O–H groups in total. The molecule has 1 unspecified atom stereocenters. The number of nitrogens with zero attached hydrogens (tertiary/aromatic N) is 1. The SMILES string of the molecule is CCCNc1ccccc1C(=O)NC1CCCN(C)C1. The maximum Gasteiger partial charge on any atom is 0.253 e. The van der Waals surface area contributed by atoms with Gasteiger partial charge in [0.05, 0.1) is 5.56 Å². The van der Waals surface area contributed by atoms with Gasteiger partial charge >= 0.3 is 0 Å². The maximum absolute atomic E-state index is 12.4. The maximum atomic E-state index is 12.4. The molecule has 0 spiro atoms. The molecule has 1 heterocycles. The fourth-order valence-electron chi connectivity index (χ4n) is 2.64. The summed E-state index contributed by atoms with van der Waals surface area (Å²) in [5.74, 6) is 0.0319. The molecule has 1 fully saturated rings. The quantitative estimate of drug-likeness (QED) is 0.867. The summed E-state index contributed by atoms with van der Waals surface area (Å²) in [7, 11) is 2.11. The van der Waals surface area contributed by atoms with Gasteiger partial charge in [0.15, 0.2) is 0 Å². The van der Waals surface area contributed by atoms with E-state index >= 15 is 0 Å². The zero-order valence-corrected chi connectivity index (χ0v) is 12.5. The van der Waals surface area contributed by atoms with Gasteiger partial charge in [-0.3, -0.25) is 4.79 Å². The molecule has 0 radical (unpaired) electrons. The number of carbonyl (C=O) groups is 1. The van der Waals surface area contributed by atoms with Gasteiger partial charge in [-0.15, -0.1) is 0 Å². The molecule has 0 aliphatic carbocycles. The van der Waals surface area contributed by atoms with Crippen LogP contribution >= 0.6 is 0 Å². The number of likely N-dealkylation sites (N-methyl/N-ethyl adjacent to an activating group) is 1. The number of benzene rings is 1. The lowest BCUT2D eigenvalue weighted by Gasteiger charge is -2.30. The second-order valence-corrected chi connectivity index (χ2v) is 5.55. The predicted octanol–water partition coefficient (Wildman–Crippen LogP) is 2.33. The molecule has 1 amide bonds. The Hall–Kier alpha value is -1.55. The molecule has 0 bridgehead atoms. The number of rotatable bonds is 5. The summed E-state index contributed by atoms with van der Waals surface area (Å²) < 4.78 is 0. The Labute approximate surface area is 121 Å². The topological polar surface area (TPSA) is 44.4 Å². The largest absolute Gasteiger partial charge is 0.384 e. The third-order valence-corrected chi connectivity index (χ3v) is 3.70. The average Bonchev–Trinajstić information content (AvgIpc) is 2.45. The molecule has 1 aromatic rings. The van der Waals surface area contributed by atoms with Crippen LogP contribution in [0.25, 0.3) is 0 Å². The molecule has 2 rings (SSSR count). The minimum absolute atomic E-state index is 0.0319. The van der Waals surface area contributed by atoms with Crippen LogP contribution in [0, 0.1) is 0 Å². The van der Waals surface area contributed by atoms with Crippen LogP contribution in [0.15, 0.2) is 24.3 Å². The highest BCUT2D eigenvalue weighted by Gasteiger charge is 2.20. The summed E-state index contributed by atoms with van der Waals surface area (Å²) in [6.07, 6.45) is 3.27. The predicted molar refractivity (Wildman–Crippen MR) is 83.2 cm³/mol. The first-order chi connectivity index (χ1) is 9.70. The fourth-order valence-corrected chi connectivity index (χ4v) is 2.64. The van der Waals surface area contributed by atoms with Gasteiger partial charge < -0.3 is 15.5 Å². The van der Waals surface area contributed by atoms with Crippen molar-refractivity contribution in [2.45, 2.75) is 32.2 Å². The number of nitrogens with one attached hydrogen (secondary N) is 2. The summed E-state index contributed by atoms with van der Waals surface area (Å²) in [4.78, 5) is 14.7. The molecule has 1 atom stereocenters. The Balaban J connectivity index is 2.01. The van der Waals surface area contributed by atoms with E-state index in [1.165, 1.54) is 0 Å². The van der Waals surface area contributed by atoms with Gasteiger partial charge in [-0.25, -0.2) is 0 Å². The van der Waals surface area contributed by atoms with E-state index < -0.39 is 0 Å². The average molecular weight is 275 g/mol. The molecule has 4 heteroatoms. The van der Waals surface area contributed by atoms with Gasteiger partial charge in [0.1, 0.15) is 0 Å². The molecule has 0 aromatic heterocycles. The standard InChI is InChI=1S/C16H25N3O/c1-3-10-17-15-9-5-4-8-14(15)16(20)18-13-7-6-11-19(2)12-13/h4-5,8-9,13,17H,3,6-7,10-12H2,1-2H3,(H,18,20). The second-order valence-electron chi connectivity index (χ2n) is 5.55. The lowest BCUT2D eigenvalue weighted by atomic mass is 10.1. The second kappa shape index (κ2) is 7.29. The van der Waals surface area contributed by atoms with Crippen LogP contribution < -0.4 is 10.6 Å². The van der Waals surface area contributed by atoms with Gasteiger partial charge in [-0.2, -0.15) is 0 Å². The van der Waals surface area contributed by atoms with Gasteiger partial charge in [-0.05, 0) is 45.0 Å². The minimum Gasteiger partial charge on any atom is -0.384 e. The molecule has 1 aliphatic rings. The molecule has 0 saturated carbocycles. The van der Waals surface area contributed by atoms with Crippen molar-refractivity contribution in [2.75, 3.05) is 32.0 Å². The van der Waals surface area contributed by atoms with Crippen molar-refractivity contribution in [3.05, 3.63) is 29.8 Å². The van der Waals surface area contributed by atoms with Crippen molar-refractivity contribution < 1.29 is 4.79 Å². The molecule has 20 heavy (non-hydrogen) atoms. The zero-order valence-electron chi connectivity index (χ0n) is 12.5. The Morgan fingerprint density at radius 2 is 2.20 bits per heavy atom. The van der Waals surface area contributed by atoms with Crippen molar-refractivity contribution >= 4 is 11.6 Å². The first kappa shape index (κ1) is 14.9. The summed E-state index contributed by atoms with van der Waals surface area (Å²) in [6, 6.07) is 8.00. The number of likely N-dealkylation sites (tertiary alicyclic amines) is 1. The van der Waals surface area contributed by atoms with Crippen molar-refractivity contribution in [2.24, 2.45) is 0 Å². The third-order valence-electron chi connectivity index (χ3n) is 3.70. The molecule has 1 aromatic carbocycles. The number of piperidine rings is 1. The highest BCUT2D eigenvalue weighted by molar-refractivity contribution is 5.99. The van der Waals surface area contributed by atoms with E-state index in [4.69, 9.17) is 0 Å². The summed E-state index contributed by atoms with van der Waals surface area (Å²) in [5, 5.41) is 6.48. The number of carbonyl (C=O) groups excluding carboxylic acids is 1. The lowest BCUT2D eigenvalue weighted by Crippen LogP contribution is -2.46. The van der Waals surface area contributed by atoms with E-state index in [1.54, 1.807) is 0 Å². The van der Waals surface area contributed by atoms with E-state index in [0.29, 0.717) is 0 Å².